The first-order valence-corrected chi connectivity index (χ1v) is 5.16. The molecule has 0 amide bonds. The molecule has 0 bridgehead atoms. The molecule has 84 valence electrons. The van der Waals surface area contributed by atoms with Gasteiger partial charge in [0.1, 0.15) is 0 Å². The van der Waals surface area contributed by atoms with Crippen molar-refractivity contribution in [1.82, 2.24) is 0 Å². The van der Waals surface area contributed by atoms with Gasteiger partial charge in [0.15, 0.2) is 5.78 Å². The summed E-state index contributed by atoms with van der Waals surface area (Å²) in [5.74, 6) is -0.0163. The van der Waals surface area contributed by atoms with Crippen LogP contribution in [0.3, 0.4) is 0 Å². The van der Waals surface area contributed by atoms with Gasteiger partial charge in [0.05, 0.1) is 0 Å². The molecule has 0 saturated heterocycles. The zero-order chi connectivity index (χ0) is 12.4. The molecule has 0 aliphatic rings. The van der Waals surface area contributed by atoms with Gasteiger partial charge in [0.25, 0.3) is 0 Å². The van der Waals surface area contributed by atoms with Crippen molar-refractivity contribution in [3.05, 3.63) is 72.9 Å². The lowest BCUT2D eigenvalue weighted by Gasteiger charge is -1.95. The van der Waals surface area contributed by atoms with E-state index in [-0.39, 0.29) is 5.78 Å². The Morgan fingerprint density at radius 2 is 1.75 bits per heavy atom. The first-order valence-electron chi connectivity index (χ1n) is 5.16. The number of rotatable bonds is 6. The van der Waals surface area contributed by atoms with E-state index >= 15 is 0 Å². The van der Waals surface area contributed by atoms with Gasteiger partial charge < -0.3 is 0 Å². The quantitative estimate of drug-likeness (QED) is 0.483. The van der Waals surface area contributed by atoms with Crippen molar-refractivity contribution >= 4 is 5.78 Å². The largest absolute Gasteiger partial charge is 0.289 e. The third-order valence-electron chi connectivity index (χ3n) is 1.91. The van der Waals surface area contributed by atoms with Crippen molar-refractivity contribution in [3.63, 3.8) is 0 Å². The summed E-state index contributed by atoms with van der Waals surface area (Å²) >= 11 is 0. The summed E-state index contributed by atoms with van der Waals surface area (Å²) in [5, 5.41) is 0. The summed E-state index contributed by atoms with van der Waals surface area (Å²) in [6.45, 7) is 11.0. The van der Waals surface area contributed by atoms with E-state index in [2.05, 4.69) is 13.2 Å². The second kappa shape index (κ2) is 8.42. The lowest BCUT2D eigenvalue weighted by Crippen LogP contribution is -1.95. The first-order chi connectivity index (χ1) is 7.69. The molecule has 0 aromatic heterocycles. The minimum atomic E-state index is -0.0163. The fraction of sp³-hybridized carbons (Fsp3) is 0.133. The Morgan fingerprint density at radius 1 is 1.06 bits per heavy atom. The molecule has 0 rings (SSSR count). The highest BCUT2D eigenvalue weighted by Gasteiger charge is 1.99. The maximum absolute atomic E-state index is 11.7. The summed E-state index contributed by atoms with van der Waals surface area (Å²) in [7, 11) is 0. The molecular weight excluding hydrogens is 196 g/mol. The number of hydrogen-bond donors (Lipinski definition) is 0. The van der Waals surface area contributed by atoms with Gasteiger partial charge in [-0.2, -0.15) is 0 Å². The smallest absolute Gasteiger partial charge is 0.185 e. The van der Waals surface area contributed by atoms with Crippen LogP contribution in [0, 0.1) is 0 Å². The fourth-order valence-electron chi connectivity index (χ4n) is 1.10. The highest BCUT2D eigenvalue weighted by atomic mass is 16.1. The minimum Gasteiger partial charge on any atom is -0.289 e. The van der Waals surface area contributed by atoms with Gasteiger partial charge in [-0.1, -0.05) is 55.7 Å². The Bertz CT molecular complexity index is 376. The lowest BCUT2D eigenvalue weighted by molar-refractivity contribution is -0.111. The maximum atomic E-state index is 11.7. The molecule has 0 unspecified atom stereocenters. The summed E-state index contributed by atoms with van der Waals surface area (Å²) in [6, 6.07) is 0. The number of hydrogen-bond acceptors (Lipinski definition) is 1. The van der Waals surface area contributed by atoms with Crippen molar-refractivity contribution in [1.29, 1.82) is 0 Å². The van der Waals surface area contributed by atoms with E-state index in [1.165, 1.54) is 6.08 Å². The summed E-state index contributed by atoms with van der Waals surface area (Å²) in [6.07, 6.45) is 13.8. The molecule has 1 heteroatoms. The van der Waals surface area contributed by atoms with Crippen LogP contribution < -0.4 is 0 Å². The van der Waals surface area contributed by atoms with Crippen LogP contribution >= 0.6 is 0 Å². The Balaban J connectivity index is 4.79. The van der Waals surface area contributed by atoms with Gasteiger partial charge in [0, 0.05) is 5.57 Å². The molecular formula is C15H18O. The second-order valence-electron chi connectivity index (χ2n) is 3.05. The third kappa shape index (κ3) is 5.11. The van der Waals surface area contributed by atoms with Gasteiger partial charge in [-0.25, -0.2) is 0 Å². The number of allylic oxidation sites excluding steroid dienone is 10. The van der Waals surface area contributed by atoms with Crippen molar-refractivity contribution in [2.75, 3.05) is 0 Å². The predicted molar refractivity (Wildman–Crippen MR) is 71.2 cm³/mol. The van der Waals surface area contributed by atoms with E-state index in [4.69, 9.17) is 0 Å². The third-order valence-corrected chi connectivity index (χ3v) is 1.91. The van der Waals surface area contributed by atoms with Crippen molar-refractivity contribution in [2.45, 2.75) is 13.8 Å². The zero-order valence-corrected chi connectivity index (χ0v) is 9.94. The van der Waals surface area contributed by atoms with Crippen LogP contribution in [0.25, 0.3) is 0 Å². The van der Waals surface area contributed by atoms with E-state index < -0.39 is 0 Å². The number of carbonyl (C=O) groups is 1. The number of ketones is 1. The Labute approximate surface area is 97.9 Å². The monoisotopic (exact) mass is 214 g/mol. The molecule has 0 atom stereocenters. The average Bonchev–Trinajstić information content (AvgIpc) is 2.30. The lowest BCUT2D eigenvalue weighted by atomic mass is 10.1. The molecule has 0 fully saturated rings. The highest BCUT2D eigenvalue weighted by molar-refractivity contribution is 6.06. The van der Waals surface area contributed by atoms with Crippen LogP contribution in [-0.4, -0.2) is 5.78 Å². The average molecular weight is 214 g/mol. The minimum absolute atomic E-state index is 0.0163. The van der Waals surface area contributed by atoms with Crippen molar-refractivity contribution < 1.29 is 4.79 Å². The molecule has 1 nitrogen and oxygen atoms in total. The Kier molecular flexibility index (Phi) is 7.43. The Hall–Kier alpha value is -1.89. The van der Waals surface area contributed by atoms with Gasteiger partial charge in [0.2, 0.25) is 0 Å². The van der Waals surface area contributed by atoms with E-state index in [9.17, 15) is 4.79 Å². The standard InChI is InChI=1S/C15H18O/c1-5-9-13(7-3)11-12-15(16)14(8-4)10-6-2/h5-12H,1,3H2,2,4H3/b10-6-,12-11+,13-9+,14-8+. The molecule has 0 aromatic carbocycles. The van der Waals surface area contributed by atoms with E-state index in [1.54, 1.807) is 36.5 Å². The molecule has 0 heterocycles. The molecule has 0 aromatic rings. The van der Waals surface area contributed by atoms with Crippen LogP contribution in [-0.2, 0) is 4.79 Å². The zero-order valence-electron chi connectivity index (χ0n) is 9.94. The van der Waals surface area contributed by atoms with E-state index in [0.29, 0.717) is 5.57 Å². The van der Waals surface area contributed by atoms with Crippen LogP contribution in [0.2, 0.25) is 0 Å². The summed E-state index contributed by atoms with van der Waals surface area (Å²) in [4.78, 5) is 11.7. The van der Waals surface area contributed by atoms with Crippen LogP contribution in [0.5, 0.6) is 0 Å². The van der Waals surface area contributed by atoms with Gasteiger partial charge in [-0.05, 0) is 25.5 Å². The topological polar surface area (TPSA) is 17.1 Å². The molecule has 0 saturated carbocycles. The SMILES string of the molecule is C=C/C=C(C=C)/C=C/C(=O)C(/C=C\C)=C/C. The molecule has 0 spiro atoms. The van der Waals surface area contributed by atoms with Crippen LogP contribution in [0.1, 0.15) is 13.8 Å². The molecule has 16 heavy (non-hydrogen) atoms. The van der Waals surface area contributed by atoms with E-state index in [1.807, 2.05) is 19.9 Å². The van der Waals surface area contributed by atoms with Gasteiger partial charge >= 0.3 is 0 Å². The van der Waals surface area contributed by atoms with E-state index in [0.717, 1.165) is 5.57 Å². The van der Waals surface area contributed by atoms with Crippen molar-refractivity contribution in [3.8, 4) is 0 Å². The fourth-order valence-corrected chi connectivity index (χ4v) is 1.10. The number of carbonyl (C=O) groups excluding carboxylic acids is 1. The van der Waals surface area contributed by atoms with Crippen molar-refractivity contribution in [2.24, 2.45) is 0 Å². The molecule has 0 aliphatic carbocycles. The van der Waals surface area contributed by atoms with Crippen LogP contribution in [0.4, 0.5) is 0 Å². The van der Waals surface area contributed by atoms with Gasteiger partial charge in [-0.15, -0.1) is 0 Å². The molecule has 0 aliphatic heterocycles. The summed E-state index contributed by atoms with van der Waals surface area (Å²) in [5.41, 5.74) is 1.54. The Morgan fingerprint density at radius 3 is 2.19 bits per heavy atom. The highest BCUT2D eigenvalue weighted by Crippen LogP contribution is 2.04. The first kappa shape index (κ1) is 14.1. The normalized spacial score (nSPS) is 13.4. The molecule has 0 N–H and O–H groups in total. The van der Waals surface area contributed by atoms with Gasteiger partial charge in [-0.3, -0.25) is 4.79 Å². The second-order valence-corrected chi connectivity index (χ2v) is 3.05. The maximum Gasteiger partial charge on any atom is 0.185 e. The molecule has 0 radical (unpaired) electrons. The predicted octanol–water partition coefficient (Wildman–Crippen LogP) is 3.93. The van der Waals surface area contributed by atoms with Crippen LogP contribution in [0.15, 0.2) is 72.9 Å². The summed E-state index contributed by atoms with van der Waals surface area (Å²) < 4.78 is 0.